The van der Waals surface area contributed by atoms with Gasteiger partial charge in [-0.15, -0.1) is 0 Å². The molecule has 2 aromatic rings. The van der Waals surface area contributed by atoms with E-state index in [2.05, 4.69) is 20.9 Å². The quantitative estimate of drug-likeness (QED) is 0.561. The van der Waals surface area contributed by atoms with Gasteiger partial charge in [-0.05, 0) is 24.3 Å². The zero-order chi connectivity index (χ0) is 22.3. The summed E-state index contributed by atoms with van der Waals surface area (Å²) < 4.78 is 62.0. The first-order chi connectivity index (χ1) is 13.9. The van der Waals surface area contributed by atoms with E-state index in [9.17, 15) is 36.0 Å². The van der Waals surface area contributed by atoms with E-state index in [0.29, 0.717) is 12.1 Å². The highest BCUT2D eigenvalue weighted by Crippen LogP contribution is 2.30. The third kappa shape index (κ3) is 3.49. The first kappa shape index (κ1) is 21.3. The normalized spacial score (nSPS) is 19.3. The Labute approximate surface area is 167 Å². The summed E-state index contributed by atoms with van der Waals surface area (Å²) in [7, 11) is -3.97. The number of halogens is 3. The highest BCUT2D eigenvalue weighted by molar-refractivity contribution is 7.92. The van der Waals surface area contributed by atoms with Crippen molar-refractivity contribution in [2.75, 3.05) is 6.54 Å². The number of hydrogen-bond donors (Lipinski definition) is 3. The second kappa shape index (κ2) is 7.12. The topological polar surface area (TPSA) is 139 Å². The molecule has 30 heavy (non-hydrogen) atoms. The molecule has 0 bridgehead atoms. The minimum Gasteiger partial charge on any atom is -0.349 e. The van der Waals surface area contributed by atoms with Gasteiger partial charge in [0.05, 0.1) is 11.4 Å². The lowest BCUT2D eigenvalue weighted by atomic mass is 9.98. The number of imide groups is 1. The molecular formula is C16H14F3N5O5S. The maximum Gasteiger partial charge on any atom is 0.501 e. The fourth-order valence-electron chi connectivity index (χ4n) is 2.86. The number of urea groups is 1. The van der Waals surface area contributed by atoms with Crippen molar-refractivity contribution >= 4 is 27.7 Å². The number of rotatable bonds is 5. The van der Waals surface area contributed by atoms with Gasteiger partial charge in [-0.25, -0.2) is 18.2 Å². The molecule has 2 heterocycles. The average molecular weight is 445 g/mol. The van der Waals surface area contributed by atoms with Gasteiger partial charge in [0.25, 0.3) is 21.7 Å². The molecule has 1 saturated heterocycles. The van der Waals surface area contributed by atoms with Crippen molar-refractivity contribution in [2.45, 2.75) is 15.9 Å². The lowest BCUT2D eigenvalue weighted by Gasteiger charge is -2.25. The van der Waals surface area contributed by atoms with Crippen LogP contribution in [0.1, 0.15) is 16.2 Å². The van der Waals surface area contributed by atoms with E-state index in [1.165, 1.54) is 17.0 Å². The van der Waals surface area contributed by atoms with Gasteiger partial charge in [0, 0.05) is 25.0 Å². The van der Waals surface area contributed by atoms with Crippen molar-refractivity contribution in [3.8, 4) is 0 Å². The molecular weight excluding hydrogens is 431 g/mol. The van der Waals surface area contributed by atoms with Crippen LogP contribution in [0.5, 0.6) is 0 Å². The van der Waals surface area contributed by atoms with Gasteiger partial charge >= 0.3 is 11.5 Å². The van der Waals surface area contributed by atoms with Gasteiger partial charge in [-0.2, -0.15) is 13.2 Å². The second-order valence-corrected chi connectivity index (χ2v) is 8.27. The van der Waals surface area contributed by atoms with Crippen molar-refractivity contribution < 1.29 is 36.0 Å². The first-order valence-electron chi connectivity index (χ1n) is 8.19. The van der Waals surface area contributed by atoms with Crippen LogP contribution in [0.4, 0.5) is 18.0 Å². The molecule has 0 spiro atoms. The maximum absolute atomic E-state index is 12.6. The lowest BCUT2D eigenvalue weighted by molar-refractivity contribution is -0.124. The van der Waals surface area contributed by atoms with Crippen LogP contribution >= 0.6 is 0 Å². The first-order valence-corrected chi connectivity index (χ1v) is 9.68. The number of aromatic nitrogens is 2. The summed E-state index contributed by atoms with van der Waals surface area (Å²) in [5.41, 5.74) is -7.33. The number of nitrogens with one attached hydrogen (secondary N) is 3. The Morgan fingerprint density at radius 1 is 1.23 bits per heavy atom. The molecule has 1 aromatic heterocycles. The Balaban J connectivity index is 1.81. The minimum absolute atomic E-state index is 0.137. The van der Waals surface area contributed by atoms with Gasteiger partial charge in [0.1, 0.15) is 5.82 Å². The summed E-state index contributed by atoms with van der Waals surface area (Å²) in [6.07, 6.45) is 2.91. The Hall–Kier alpha value is -3.42. The number of sulfone groups is 1. The molecule has 1 aliphatic heterocycles. The fraction of sp³-hybridized carbons (Fsp3) is 0.250. The van der Waals surface area contributed by atoms with E-state index in [1.54, 1.807) is 7.05 Å². The summed E-state index contributed by atoms with van der Waals surface area (Å²) in [5.74, 6) is -1.43. The molecule has 0 radical (unpaired) electrons. The van der Waals surface area contributed by atoms with E-state index >= 15 is 0 Å². The van der Waals surface area contributed by atoms with Gasteiger partial charge in [-0.1, -0.05) is 0 Å². The molecule has 1 atom stereocenters. The molecule has 0 aliphatic carbocycles. The van der Waals surface area contributed by atoms with Gasteiger partial charge in [-0.3, -0.25) is 14.9 Å². The van der Waals surface area contributed by atoms with Crippen LogP contribution in [-0.4, -0.2) is 47.9 Å². The molecule has 10 nitrogen and oxygen atoms in total. The number of imidazole rings is 1. The zero-order valence-corrected chi connectivity index (χ0v) is 16.0. The van der Waals surface area contributed by atoms with E-state index in [1.807, 2.05) is 0 Å². The van der Waals surface area contributed by atoms with Crippen LogP contribution in [0.25, 0.3) is 0 Å². The van der Waals surface area contributed by atoms with Gasteiger partial charge < -0.3 is 15.2 Å². The average Bonchev–Trinajstić information content (AvgIpc) is 3.21. The number of carbonyl (C=O) groups is 3. The molecule has 14 heteroatoms. The predicted octanol–water partition coefficient (Wildman–Crippen LogP) is 0.178. The van der Waals surface area contributed by atoms with Crippen LogP contribution < -0.4 is 16.0 Å². The third-order valence-electron chi connectivity index (χ3n) is 4.39. The number of alkyl halides is 3. The zero-order valence-electron chi connectivity index (χ0n) is 15.1. The molecule has 3 N–H and O–H groups in total. The monoisotopic (exact) mass is 445 g/mol. The number of amides is 4. The molecule has 1 aliphatic rings. The standard InChI is InChI=1S/C16H14F3N5O5S/c1-24-7-6-20-12(24)15(13(26)22-14(27)23-15)8-21-11(25)9-2-4-10(5-3-9)30(28,29)16(17,18)19/h2-7H,8H2,1H3,(H,21,25)(H2,22,23,26,27). The van der Waals surface area contributed by atoms with Crippen molar-refractivity contribution in [1.29, 1.82) is 0 Å². The van der Waals surface area contributed by atoms with E-state index in [-0.39, 0.29) is 11.4 Å². The summed E-state index contributed by atoms with van der Waals surface area (Å²) in [5, 5.41) is 6.87. The molecule has 1 aromatic carbocycles. The lowest BCUT2D eigenvalue weighted by Crippen LogP contribution is -2.54. The van der Waals surface area contributed by atoms with Crippen LogP contribution in [0.2, 0.25) is 0 Å². The smallest absolute Gasteiger partial charge is 0.349 e. The molecule has 4 amide bonds. The van der Waals surface area contributed by atoms with Gasteiger partial charge in [0.15, 0.2) is 5.54 Å². The number of nitrogens with zero attached hydrogens (tertiary/aromatic N) is 2. The van der Waals surface area contributed by atoms with Crippen molar-refractivity contribution in [3.05, 3.63) is 48.0 Å². The predicted molar refractivity (Wildman–Crippen MR) is 93.6 cm³/mol. The van der Waals surface area contributed by atoms with Crippen molar-refractivity contribution in [2.24, 2.45) is 7.05 Å². The van der Waals surface area contributed by atoms with Crippen molar-refractivity contribution in [1.82, 2.24) is 25.5 Å². The van der Waals surface area contributed by atoms with E-state index in [4.69, 9.17) is 0 Å². The second-order valence-electron chi connectivity index (χ2n) is 6.33. The Bertz CT molecular complexity index is 1130. The summed E-state index contributed by atoms with van der Waals surface area (Å²) >= 11 is 0. The van der Waals surface area contributed by atoms with Crippen LogP contribution in [0, 0.1) is 0 Å². The highest BCUT2D eigenvalue weighted by Gasteiger charge is 2.51. The minimum atomic E-state index is -5.55. The number of carbonyl (C=O) groups excluding carboxylic acids is 3. The third-order valence-corrected chi connectivity index (χ3v) is 5.89. The Kier molecular flexibility index (Phi) is 5.06. The number of aryl methyl sites for hydroxylation is 1. The largest absolute Gasteiger partial charge is 0.501 e. The maximum atomic E-state index is 12.6. The SMILES string of the molecule is Cn1ccnc1C1(CNC(=O)c2ccc(S(=O)(=O)C(F)(F)F)cc2)NC(=O)NC1=O. The van der Waals surface area contributed by atoms with E-state index in [0.717, 1.165) is 12.1 Å². The molecule has 160 valence electrons. The Morgan fingerprint density at radius 3 is 2.33 bits per heavy atom. The summed E-state index contributed by atoms with van der Waals surface area (Å²) in [4.78, 5) is 39.4. The van der Waals surface area contributed by atoms with Crippen molar-refractivity contribution in [3.63, 3.8) is 0 Å². The van der Waals surface area contributed by atoms with Crippen LogP contribution in [-0.2, 0) is 27.2 Å². The number of benzene rings is 1. The van der Waals surface area contributed by atoms with Crippen LogP contribution in [0.15, 0.2) is 41.6 Å². The number of hydrogen-bond acceptors (Lipinski definition) is 6. The van der Waals surface area contributed by atoms with Gasteiger partial charge in [0.2, 0.25) is 0 Å². The summed E-state index contributed by atoms with van der Waals surface area (Å²) in [6.45, 7) is -0.420. The molecule has 1 fully saturated rings. The molecule has 0 saturated carbocycles. The Morgan fingerprint density at radius 2 is 1.87 bits per heavy atom. The van der Waals surface area contributed by atoms with E-state index < -0.39 is 50.2 Å². The van der Waals surface area contributed by atoms with Crippen LogP contribution in [0.3, 0.4) is 0 Å². The summed E-state index contributed by atoms with van der Waals surface area (Å²) in [6, 6.07) is 2.30. The highest BCUT2D eigenvalue weighted by atomic mass is 32.2. The molecule has 1 unspecified atom stereocenters. The fourth-order valence-corrected chi connectivity index (χ4v) is 3.63. The molecule has 3 rings (SSSR count).